The molecule has 244 valence electrons. The van der Waals surface area contributed by atoms with Gasteiger partial charge in [-0.15, -0.1) is 0 Å². The molecule has 4 rings (SSSR count). The van der Waals surface area contributed by atoms with Crippen LogP contribution in [-0.4, -0.2) is 63.0 Å². The molecule has 1 saturated carbocycles. The van der Waals surface area contributed by atoms with Crippen LogP contribution in [0.4, 0.5) is 13.2 Å². The van der Waals surface area contributed by atoms with Crippen molar-refractivity contribution in [1.29, 1.82) is 0 Å². The summed E-state index contributed by atoms with van der Waals surface area (Å²) >= 11 is 0. The Morgan fingerprint density at radius 3 is 2.24 bits per heavy atom. The monoisotopic (exact) mass is 631 g/mol. The second-order valence-corrected chi connectivity index (χ2v) is 11.9. The zero-order chi connectivity index (χ0) is 32.6. The standard InChI is InChI=1S/C32H40F3N5O5/c1-22-5-9-24(10-6-22)28(41)19-31(2,25-11-15-27(16-12-25)45-18-4-17-32(33,34)35)36-29(42)21-40-30(43)39(37-38-40)20-23-7-13-26(44-3)14-8-23/h5-10,13-14,25,27H,4,11-12,15-21H2,1-3H3,(H,36,42). The number of hydrogen-bond acceptors (Lipinski definition) is 7. The number of halogens is 3. The number of nitrogens with zero attached hydrogens (tertiary/aromatic N) is 4. The van der Waals surface area contributed by atoms with Crippen molar-refractivity contribution in [3.8, 4) is 5.75 Å². The van der Waals surface area contributed by atoms with Crippen LogP contribution in [0.2, 0.25) is 0 Å². The minimum Gasteiger partial charge on any atom is -0.497 e. The first-order valence-electron chi connectivity index (χ1n) is 15.1. The number of alkyl halides is 3. The molecule has 1 aliphatic carbocycles. The first-order valence-corrected chi connectivity index (χ1v) is 15.1. The van der Waals surface area contributed by atoms with E-state index in [-0.39, 0.29) is 50.3 Å². The molecule has 0 bridgehead atoms. The van der Waals surface area contributed by atoms with Crippen LogP contribution in [0.25, 0.3) is 0 Å². The molecular formula is C32H40F3N5O5. The summed E-state index contributed by atoms with van der Waals surface area (Å²) in [5, 5.41) is 10.8. The number of hydrogen-bond donors (Lipinski definition) is 1. The van der Waals surface area contributed by atoms with E-state index in [1.54, 1.807) is 43.5 Å². The number of rotatable bonds is 14. The summed E-state index contributed by atoms with van der Waals surface area (Å²) in [7, 11) is 1.56. The number of aryl methyl sites for hydroxylation is 1. The van der Waals surface area contributed by atoms with Crippen LogP contribution in [0, 0.1) is 12.8 Å². The second-order valence-electron chi connectivity index (χ2n) is 11.9. The number of tetrazole rings is 1. The molecular weight excluding hydrogens is 591 g/mol. The second kappa shape index (κ2) is 14.9. The summed E-state index contributed by atoms with van der Waals surface area (Å²) in [5.74, 6) is -0.0464. The fraction of sp³-hybridized carbons (Fsp3) is 0.531. The molecule has 3 aromatic rings. The van der Waals surface area contributed by atoms with E-state index in [1.165, 1.54) is 0 Å². The highest BCUT2D eigenvalue weighted by Gasteiger charge is 2.40. The third-order valence-electron chi connectivity index (χ3n) is 8.34. The number of carbonyl (C=O) groups excluding carboxylic acids is 2. The highest BCUT2D eigenvalue weighted by molar-refractivity contribution is 5.97. The number of aromatic nitrogens is 4. The predicted molar refractivity (Wildman–Crippen MR) is 160 cm³/mol. The molecule has 1 amide bonds. The Bertz CT molecular complexity index is 1480. The number of amides is 1. The van der Waals surface area contributed by atoms with E-state index < -0.39 is 29.7 Å². The van der Waals surface area contributed by atoms with Crippen LogP contribution < -0.4 is 15.7 Å². The van der Waals surface area contributed by atoms with Gasteiger partial charge in [-0.05, 0) is 80.0 Å². The smallest absolute Gasteiger partial charge is 0.389 e. The maximum Gasteiger partial charge on any atom is 0.389 e. The Labute approximate surface area is 259 Å². The normalized spacial score (nSPS) is 18.3. The summed E-state index contributed by atoms with van der Waals surface area (Å²) in [6, 6.07) is 14.4. The Morgan fingerprint density at radius 1 is 0.978 bits per heavy atom. The average Bonchev–Trinajstić information content (AvgIpc) is 3.33. The Kier molecular flexibility index (Phi) is 11.2. The predicted octanol–water partition coefficient (Wildman–Crippen LogP) is 4.87. The van der Waals surface area contributed by atoms with Crippen molar-refractivity contribution in [2.75, 3.05) is 13.7 Å². The third-order valence-corrected chi connectivity index (χ3v) is 8.34. The molecule has 2 aromatic carbocycles. The van der Waals surface area contributed by atoms with E-state index in [2.05, 4.69) is 15.7 Å². The minimum atomic E-state index is -4.21. The zero-order valence-electron chi connectivity index (χ0n) is 25.8. The van der Waals surface area contributed by atoms with Gasteiger partial charge in [0.05, 0.1) is 19.8 Å². The molecule has 0 radical (unpaired) electrons. The SMILES string of the molecule is COc1ccc(Cn2nnn(CC(=O)NC(C)(CC(=O)c3ccc(C)cc3)C3CCC(OCCCC(F)(F)F)CC3)c2=O)cc1. The maximum absolute atomic E-state index is 13.4. The highest BCUT2D eigenvalue weighted by atomic mass is 19.4. The van der Waals surface area contributed by atoms with Crippen LogP contribution in [0.3, 0.4) is 0 Å². The lowest BCUT2D eigenvalue weighted by molar-refractivity contribution is -0.139. The zero-order valence-corrected chi connectivity index (χ0v) is 25.8. The van der Waals surface area contributed by atoms with E-state index >= 15 is 0 Å². The number of ether oxygens (including phenoxy) is 2. The van der Waals surface area contributed by atoms with E-state index in [0.717, 1.165) is 20.5 Å². The molecule has 1 heterocycles. The first-order chi connectivity index (χ1) is 21.3. The number of ketones is 1. The number of Topliss-reactive ketones (excluding diaryl/α,β-unsaturated/α-hetero) is 1. The van der Waals surface area contributed by atoms with Gasteiger partial charge in [-0.3, -0.25) is 9.59 Å². The van der Waals surface area contributed by atoms with Crippen LogP contribution >= 0.6 is 0 Å². The third kappa shape index (κ3) is 9.74. The number of methoxy groups -OCH3 is 1. The molecule has 1 unspecified atom stereocenters. The van der Waals surface area contributed by atoms with E-state index in [9.17, 15) is 27.6 Å². The molecule has 10 nitrogen and oxygen atoms in total. The summed E-state index contributed by atoms with van der Waals surface area (Å²) in [6.07, 6.45) is -2.91. The topological polar surface area (TPSA) is 117 Å². The quantitative estimate of drug-likeness (QED) is 0.199. The molecule has 0 aliphatic heterocycles. The van der Waals surface area contributed by atoms with E-state index in [0.29, 0.717) is 37.0 Å². The van der Waals surface area contributed by atoms with Gasteiger partial charge in [-0.25, -0.2) is 4.79 Å². The molecule has 0 saturated heterocycles. The van der Waals surface area contributed by atoms with Crippen molar-refractivity contribution in [3.63, 3.8) is 0 Å². The van der Waals surface area contributed by atoms with E-state index in [1.807, 2.05) is 26.0 Å². The fourth-order valence-electron chi connectivity index (χ4n) is 5.76. The molecule has 1 fully saturated rings. The van der Waals surface area contributed by atoms with Gasteiger partial charge in [0.2, 0.25) is 5.91 Å². The Balaban J connectivity index is 1.42. The summed E-state index contributed by atoms with van der Waals surface area (Å²) in [6.45, 7) is 3.57. The van der Waals surface area contributed by atoms with Gasteiger partial charge >= 0.3 is 11.9 Å². The van der Waals surface area contributed by atoms with Crippen molar-refractivity contribution in [2.45, 2.75) is 89.7 Å². The van der Waals surface area contributed by atoms with Crippen molar-refractivity contribution < 1.29 is 32.2 Å². The Morgan fingerprint density at radius 2 is 1.62 bits per heavy atom. The van der Waals surface area contributed by atoms with Crippen molar-refractivity contribution >= 4 is 11.7 Å². The largest absolute Gasteiger partial charge is 0.497 e. The molecule has 1 aliphatic rings. The van der Waals surface area contributed by atoms with Crippen LogP contribution in [-0.2, 0) is 22.6 Å². The van der Waals surface area contributed by atoms with Gasteiger partial charge in [0, 0.05) is 30.6 Å². The van der Waals surface area contributed by atoms with Crippen molar-refractivity contribution in [1.82, 2.24) is 25.1 Å². The molecule has 0 spiro atoms. The van der Waals surface area contributed by atoms with Crippen molar-refractivity contribution in [2.24, 2.45) is 5.92 Å². The molecule has 1 N–H and O–H groups in total. The van der Waals surface area contributed by atoms with Gasteiger partial charge in [-0.2, -0.15) is 22.5 Å². The number of nitrogens with one attached hydrogen (secondary N) is 1. The lowest BCUT2D eigenvalue weighted by Crippen LogP contribution is -2.55. The lowest BCUT2D eigenvalue weighted by atomic mass is 9.72. The fourth-order valence-corrected chi connectivity index (χ4v) is 5.76. The molecule has 1 atom stereocenters. The molecule has 1 aromatic heterocycles. The summed E-state index contributed by atoms with van der Waals surface area (Å²) in [5.41, 5.74) is 0.837. The van der Waals surface area contributed by atoms with Crippen LogP contribution in [0.15, 0.2) is 53.3 Å². The number of benzene rings is 2. The van der Waals surface area contributed by atoms with Gasteiger partial charge in [-0.1, -0.05) is 42.0 Å². The van der Waals surface area contributed by atoms with Gasteiger partial charge in [0.15, 0.2) is 5.78 Å². The van der Waals surface area contributed by atoms with Crippen LogP contribution in [0.1, 0.15) is 73.4 Å². The first kappa shape index (κ1) is 33.9. The summed E-state index contributed by atoms with van der Waals surface area (Å²) < 4.78 is 50.4. The van der Waals surface area contributed by atoms with E-state index in [4.69, 9.17) is 9.47 Å². The lowest BCUT2D eigenvalue weighted by Gasteiger charge is -2.42. The minimum absolute atomic E-state index is 0.0304. The average molecular weight is 632 g/mol. The van der Waals surface area contributed by atoms with Crippen LogP contribution in [0.5, 0.6) is 5.75 Å². The Hall–Kier alpha value is -4.00. The van der Waals surface area contributed by atoms with Gasteiger partial charge < -0.3 is 14.8 Å². The van der Waals surface area contributed by atoms with Crippen molar-refractivity contribution in [3.05, 3.63) is 75.7 Å². The maximum atomic E-state index is 13.4. The van der Waals surface area contributed by atoms with Gasteiger partial charge in [0.1, 0.15) is 12.3 Å². The van der Waals surface area contributed by atoms with Gasteiger partial charge in [0.25, 0.3) is 0 Å². The number of carbonyl (C=O) groups is 2. The molecule has 13 heteroatoms. The molecule has 45 heavy (non-hydrogen) atoms. The summed E-state index contributed by atoms with van der Waals surface area (Å²) in [4.78, 5) is 39.7. The highest BCUT2D eigenvalue weighted by Crippen LogP contribution is 2.37.